The zero-order valence-electron chi connectivity index (χ0n) is 11.2. The van der Waals surface area contributed by atoms with Crippen molar-refractivity contribution in [2.45, 2.75) is 33.1 Å². The van der Waals surface area contributed by atoms with Gasteiger partial charge in [-0.2, -0.15) is 0 Å². The molecule has 0 saturated heterocycles. The highest BCUT2D eigenvalue weighted by molar-refractivity contribution is 7.15. The smallest absolute Gasteiger partial charge is 0.0642 e. The molecule has 96 valence electrons. The lowest BCUT2D eigenvalue weighted by Gasteiger charge is -2.15. The minimum Gasteiger partial charge on any atom is -0.398 e. The van der Waals surface area contributed by atoms with Crippen LogP contribution < -0.4 is 5.73 Å². The summed E-state index contributed by atoms with van der Waals surface area (Å²) in [5, 5.41) is 0.626. The van der Waals surface area contributed by atoms with Gasteiger partial charge in [-0.05, 0) is 47.7 Å². The second-order valence-electron chi connectivity index (χ2n) is 5.60. The SMILES string of the molecule is Cc1cc(N)c(Cl)cc1-c1ccc(C(C)(C)C)s1. The maximum atomic E-state index is 6.11. The van der Waals surface area contributed by atoms with E-state index in [9.17, 15) is 0 Å². The summed E-state index contributed by atoms with van der Waals surface area (Å²) in [6.07, 6.45) is 0. The first-order valence-electron chi connectivity index (χ1n) is 5.95. The standard InChI is InChI=1S/C15H18ClNS/c1-9-7-12(17)11(16)8-10(9)13-5-6-14(18-13)15(2,3)4/h5-8H,17H2,1-4H3. The minimum atomic E-state index is 0.189. The van der Waals surface area contributed by atoms with Crippen molar-refractivity contribution >= 4 is 28.6 Å². The molecule has 2 rings (SSSR count). The van der Waals surface area contributed by atoms with Crippen LogP contribution in [0.15, 0.2) is 24.3 Å². The predicted molar refractivity (Wildman–Crippen MR) is 82.6 cm³/mol. The molecule has 1 aromatic heterocycles. The van der Waals surface area contributed by atoms with Crippen molar-refractivity contribution in [2.75, 3.05) is 5.73 Å². The lowest BCUT2D eigenvalue weighted by Crippen LogP contribution is -2.07. The van der Waals surface area contributed by atoms with E-state index in [1.807, 2.05) is 23.5 Å². The van der Waals surface area contributed by atoms with E-state index in [0.29, 0.717) is 10.7 Å². The highest BCUT2D eigenvalue weighted by atomic mass is 35.5. The van der Waals surface area contributed by atoms with Crippen LogP contribution in [0.3, 0.4) is 0 Å². The van der Waals surface area contributed by atoms with Gasteiger partial charge in [0.25, 0.3) is 0 Å². The lowest BCUT2D eigenvalue weighted by molar-refractivity contribution is 0.604. The first kappa shape index (κ1) is 13.4. The summed E-state index contributed by atoms with van der Waals surface area (Å²) in [5.74, 6) is 0. The molecule has 1 heterocycles. The summed E-state index contributed by atoms with van der Waals surface area (Å²) in [7, 11) is 0. The van der Waals surface area contributed by atoms with Gasteiger partial charge in [0.15, 0.2) is 0 Å². The van der Waals surface area contributed by atoms with Crippen LogP contribution in [0, 0.1) is 6.92 Å². The number of rotatable bonds is 1. The molecule has 0 aliphatic carbocycles. The topological polar surface area (TPSA) is 26.0 Å². The van der Waals surface area contributed by atoms with Crippen molar-refractivity contribution in [3.05, 3.63) is 39.7 Å². The van der Waals surface area contributed by atoms with Gasteiger partial charge in [-0.25, -0.2) is 0 Å². The molecule has 0 spiro atoms. The summed E-state index contributed by atoms with van der Waals surface area (Å²) in [4.78, 5) is 2.63. The molecule has 2 aromatic rings. The molecule has 1 aromatic carbocycles. The van der Waals surface area contributed by atoms with Crippen molar-refractivity contribution in [3.8, 4) is 10.4 Å². The number of hydrogen-bond acceptors (Lipinski definition) is 2. The number of nitrogens with two attached hydrogens (primary N) is 1. The van der Waals surface area contributed by atoms with Crippen LogP contribution in [0.2, 0.25) is 5.02 Å². The van der Waals surface area contributed by atoms with Crippen LogP contribution in [-0.4, -0.2) is 0 Å². The van der Waals surface area contributed by atoms with E-state index in [1.165, 1.54) is 20.9 Å². The highest BCUT2D eigenvalue weighted by Crippen LogP contribution is 2.38. The van der Waals surface area contributed by atoms with E-state index in [4.69, 9.17) is 17.3 Å². The number of thiophene rings is 1. The first-order chi connectivity index (χ1) is 8.29. The van der Waals surface area contributed by atoms with Gasteiger partial charge in [-0.1, -0.05) is 32.4 Å². The minimum absolute atomic E-state index is 0.189. The van der Waals surface area contributed by atoms with Crippen molar-refractivity contribution in [3.63, 3.8) is 0 Å². The van der Waals surface area contributed by atoms with Gasteiger partial charge in [0, 0.05) is 9.75 Å². The third-order valence-electron chi connectivity index (χ3n) is 2.95. The second kappa shape index (κ2) is 4.60. The van der Waals surface area contributed by atoms with Crippen LogP contribution >= 0.6 is 22.9 Å². The molecule has 3 heteroatoms. The van der Waals surface area contributed by atoms with E-state index < -0.39 is 0 Å². The zero-order valence-corrected chi connectivity index (χ0v) is 12.7. The normalized spacial score (nSPS) is 11.8. The molecule has 0 radical (unpaired) electrons. The Kier molecular flexibility index (Phi) is 3.43. The summed E-state index contributed by atoms with van der Waals surface area (Å²) in [5.41, 5.74) is 8.99. The maximum Gasteiger partial charge on any atom is 0.0642 e. The van der Waals surface area contributed by atoms with Gasteiger partial charge in [0.1, 0.15) is 0 Å². The fraction of sp³-hybridized carbons (Fsp3) is 0.333. The molecular formula is C15H18ClNS. The average Bonchev–Trinajstić information content (AvgIpc) is 2.72. The number of aryl methyl sites for hydroxylation is 1. The van der Waals surface area contributed by atoms with Crippen LogP contribution in [0.25, 0.3) is 10.4 Å². The van der Waals surface area contributed by atoms with Gasteiger partial charge in [0.05, 0.1) is 10.7 Å². The quantitative estimate of drug-likeness (QED) is 0.708. The number of nitrogen functional groups attached to an aromatic ring is 1. The van der Waals surface area contributed by atoms with Crippen LogP contribution in [0.5, 0.6) is 0 Å². The Morgan fingerprint density at radius 3 is 2.39 bits per heavy atom. The molecule has 0 atom stereocenters. The Morgan fingerprint density at radius 2 is 1.83 bits per heavy atom. The van der Waals surface area contributed by atoms with Crippen molar-refractivity contribution in [1.29, 1.82) is 0 Å². The Hall–Kier alpha value is -0.990. The summed E-state index contributed by atoms with van der Waals surface area (Å²) in [6.45, 7) is 8.75. The Bertz CT molecular complexity index is 579. The molecule has 0 saturated carbocycles. The van der Waals surface area contributed by atoms with E-state index in [0.717, 1.165) is 0 Å². The van der Waals surface area contributed by atoms with Gasteiger partial charge in [0.2, 0.25) is 0 Å². The zero-order chi connectivity index (χ0) is 13.5. The third-order valence-corrected chi connectivity index (χ3v) is 4.83. The number of benzene rings is 1. The third kappa shape index (κ3) is 2.55. The van der Waals surface area contributed by atoms with Crippen LogP contribution in [0.1, 0.15) is 31.2 Å². The lowest BCUT2D eigenvalue weighted by atomic mass is 9.95. The molecule has 0 unspecified atom stereocenters. The molecule has 0 fully saturated rings. The molecule has 0 aliphatic heterocycles. The van der Waals surface area contributed by atoms with Gasteiger partial charge >= 0.3 is 0 Å². The largest absolute Gasteiger partial charge is 0.398 e. The van der Waals surface area contributed by atoms with E-state index in [1.54, 1.807) is 0 Å². The molecular weight excluding hydrogens is 262 g/mol. The highest BCUT2D eigenvalue weighted by Gasteiger charge is 2.17. The number of anilines is 1. The molecule has 1 nitrogen and oxygen atoms in total. The second-order valence-corrected chi connectivity index (χ2v) is 7.09. The van der Waals surface area contributed by atoms with Crippen molar-refractivity contribution < 1.29 is 0 Å². The summed E-state index contributed by atoms with van der Waals surface area (Å²) < 4.78 is 0. The molecule has 0 aliphatic rings. The van der Waals surface area contributed by atoms with Gasteiger partial charge < -0.3 is 5.73 Å². The molecule has 18 heavy (non-hydrogen) atoms. The van der Waals surface area contributed by atoms with E-state index >= 15 is 0 Å². The molecule has 2 N–H and O–H groups in total. The first-order valence-corrected chi connectivity index (χ1v) is 7.15. The average molecular weight is 280 g/mol. The molecule has 0 bridgehead atoms. The fourth-order valence-corrected chi connectivity index (χ4v) is 3.16. The maximum absolute atomic E-state index is 6.11. The molecule has 0 amide bonds. The van der Waals surface area contributed by atoms with Crippen LogP contribution in [0.4, 0.5) is 5.69 Å². The summed E-state index contributed by atoms with van der Waals surface area (Å²) in [6, 6.07) is 8.27. The Morgan fingerprint density at radius 1 is 1.17 bits per heavy atom. The van der Waals surface area contributed by atoms with Gasteiger partial charge in [-0.3, -0.25) is 0 Å². The fourth-order valence-electron chi connectivity index (χ4n) is 1.86. The van der Waals surface area contributed by atoms with Crippen molar-refractivity contribution in [1.82, 2.24) is 0 Å². The predicted octanol–water partition coefficient (Wildman–Crippen LogP) is 5.26. The number of hydrogen-bond donors (Lipinski definition) is 1. The van der Waals surface area contributed by atoms with E-state index in [2.05, 4.69) is 39.8 Å². The Balaban J connectivity index is 2.50. The monoisotopic (exact) mass is 279 g/mol. The van der Waals surface area contributed by atoms with Crippen LogP contribution in [-0.2, 0) is 5.41 Å². The van der Waals surface area contributed by atoms with Gasteiger partial charge in [-0.15, -0.1) is 11.3 Å². The Labute approximate surface area is 118 Å². The van der Waals surface area contributed by atoms with Crippen molar-refractivity contribution in [2.24, 2.45) is 0 Å². The van der Waals surface area contributed by atoms with E-state index in [-0.39, 0.29) is 5.41 Å². The number of halogens is 1. The summed E-state index contributed by atoms with van der Waals surface area (Å²) >= 11 is 7.93.